The van der Waals surface area contributed by atoms with Crippen molar-refractivity contribution in [3.8, 4) is 11.5 Å². The molecule has 0 aliphatic carbocycles. The molecule has 114 valence electrons. The highest BCUT2D eigenvalue weighted by atomic mass is 16.5. The van der Waals surface area contributed by atoms with Crippen LogP contribution in [0.2, 0.25) is 0 Å². The van der Waals surface area contributed by atoms with Crippen molar-refractivity contribution < 1.29 is 14.2 Å². The minimum atomic E-state index is 0.163. The Morgan fingerprint density at radius 2 is 1.85 bits per heavy atom. The summed E-state index contributed by atoms with van der Waals surface area (Å²) in [6.07, 6.45) is 3.56. The van der Waals surface area contributed by atoms with E-state index in [1.165, 1.54) is 12.8 Å². The van der Waals surface area contributed by atoms with Gasteiger partial charge in [0.05, 0.1) is 26.9 Å². The van der Waals surface area contributed by atoms with Crippen LogP contribution in [0.3, 0.4) is 0 Å². The molecule has 0 saturated carbocycles. The number of likely N-dealkylation sites (N-methyl/N-ethyl adjacent to an activating group) is 1. The van der Waals surface area contributed by atoms with E-state index in [1.807, 2.05) is 25.2 Å². The summed E-state index contributed by atoms with van der Waals surface area (Å²) < 4.78 is 16.3. The van der Waals surface area contributed by atoms with E-state index in [0.29, 0.717) is 6.61 Å². The van der Waals surface area contributed by atoms with Crippen LogP contribution in [0.4, 0.5) is 0 Å². The van der Waals surface area contributed by atoms with Gasteiger partial charge in [0, 0.05) is 6.61 Å². The molecule has 1 N–H and O–H groups in total. The van der Waals surface area contributed by atoms with Crippen molar-refractivity contribution >= 4 is 0 Å². The second-order valence-electron chi connectivity index (χ2n) is 4.74. The van der Waals surface area contributed by atoms with Crippen molar-refractivity contribution in [3.05, 3.63) is 23.8 Å². The van der Waals surface area contributed by atoms with Gasteiger partial charge in [0.2, 0.25) is 0 Å². The molecular weight excluding hydrogens is 254 g/mol. The van der Waals surface area contributed by atoms with Crippen LogP contribution in [0.15, 0.2) is 18.2 Å². The van der Waals surface area contributed by atoms with Crippen LogP contribution >= 0.6 is 0 Å². The molecule has 0 aliphatic rings. The summed E-state index contributed by atoms with van der Waals surface area (Å²) in [5, 5.41) is 3.28. The van der Waals surface area contributed by atoms with Gasteiger partial charge in [-0.05, 0) is 31.2 Å². The van der Waals surface area contributed by atoms with Gasteiger partial charge in [0.25, 0.3) is 0 Å². The zero-order valence-electron chi connectivity index (χ0n) is 13.1. The van der Waals surface area contributed by atoms with Crippen molar-refractivity contribution in [3.63, 3.8) is 0 Å². The molecule has 1 atom stereocenters. The standard InChI is InChI=1S/C16H27NO3/c1-5-6-7-10-20-12-14(17-2)13-8-9-15(18-3)16(11-13)19-4/h8-9,11,14,17H,5-7,10,12H2,1-4H3. The van der Waals surface area contributed by atoms with E-state index in [4.69, 9.17) is 14.2 Å². The zero-order valence-corrected chi connectivity index (χ0v) is 13.1. The van der Waals surface area contributed by atoms with Crippen LogP contribution in [-0.4, -0.2) is 34.5 Å². The minimum Gasteiger partial charge on any atom is -0.493 e. The lowest BCUT2D eigenvalue weighted by atomic mass is 10.1. The first-order chi connectivity index (χ1) is 9.76. The van der Waals surface area contributed by atoms with Crippen LogP contribution in [0, 0.1) is 0 Å². The summed E-state index contributed by atoms with van der Waals surface area (Å²) in [6, 6.07) is 6.12. The molecule has 4 heteroatoms. The molecule has 1 unspecified atom stereocenters. The van der Waals surface area contributed by atoms with Gasteiger partial charge >= 0.3 is 0 Å². The van der Waals surface area contributed by atoms with Gasteiger partial charge in [-0.3, -0.25) is 0 Å². The smallest absolute Gasteiger partial charge is 0.161 e. The summed E-state index contributed by atoms with van der Waals surface area (Å²) in [5.41, 5.74) is 1.14. The van der Waals surface area contributed by atoms with E-state index in [1.54, 1.807) is 14.2 Å². The SMILES string of the molecule is CCCCCOCC(NC)c1ccc(OC)c(OC)c1. The first-order valence-corrected chi connectivity index (χ1v) is 7.23. The van der Waals surface area contributed by atoms with E-state index in [9.17, 15) is 0 Å². The topological polar surface area (TPSA) is 39.7 Å². The fourth-order valence-electron chi connectivity index (χ4n) is 2.07. The van der Waals surface area contributed by atoms with Gasteiger partial charge in [0.1, 0.15) is 0 Å². The van der Waals surface area contributed by atoms with Crippen molar-refractivity contribution in [2.24, 2.45) is 0 Å². The lowest BCUT2D eigenvalue weighted by Crippen LogP contribution is -2.22. The summed E-state index contributed by atoms with van der Waals surface area (Å²) in [4.78, 5) is 0. The highest BCUT2D eigenvalue weighted by Gasteiger charge is 2.12. The Morgan fingerprint density at radius 3 is 2.45 bits per heavy atom. The number of methoxy groups -OCH3 is 2. The first kappa shape index (κ1) is 16.8. The Kier molecular flexibility index (Phi) is 8.07. The number of unbranched alkanes of at least 4 members (excludes halogenated alkanes) is 2. The van der Waals surface area contributed by atoms with E-state index < -0.39 is 0 Å². The third-order valence-electron chi connectivity index (χ3n) is 3.34. The molecule has 0 saturated heterocycles. The van der Waals surface area contributed by atoms with Crippen molar-refractivity contribution in [2.45, 2.75) is 32.2 Å². The number of benzene rings is 1. The average Bonchev–Trinajstić information content (AvgIpc) is 2.50. The molecule has 1 aromatic carbocycles. The Bertz CT molecular complexity index is 382. The molecule has 0 bridgehead atoms. The molecule has 0 amide bonds. The number of hydrogen-bond donors (Lipinski definition) is 1. The summed E-state index contributed by atoms with van der Waals surface area (Å²) >= 11 is 0. The second kappa shape index (κ2) is 9.61. The minimum absolute atomic E-state index is 0.163. The third-order valence-corrected chi connectivity index (χ3v) is 3.34. The van der Waals surface area contributed by atoms with E-state index in [2.05, 4.69) is 12.2 Å². The molecule has 20 heavy (non-hydrogen) atoms. The third kappa shape index (κ3) is 5.02. The molecule has 4 nitrogen and oxygen atoms in total. The van der Waals surface area contributed by atoms with E-state index in [-0.39, 0.29) is 6.04 Å². The van der Waals surface area contributed by atoms with E-state index >= 15 is 0 Å². The van der Waals surface area contributed by atoms with Crippen molar-refractivity contribution in [1.82, 2.24) is 5.32 Å². The Labute approximate surface area is 122 Å². The van der Waals surface area contributed by atoms with Crippen molar-refractivity contribution in [1.29, 1.82) is 0 Å². The fourth-order valence-corrected chi connectivity index (χ4v) is 2.07. The molecule has 0 spiro atoms. The number of rotatable bonds is 10. The normalized spacial score (nSPS) is 12.2. The van der Waals surface area contributed by atoms with Crippen molar-refractivity contribution in [2.75, 3.05) is 34.5 Å². The lowest BCUT2D eigenvalue weighted by molar-refractivity contribution is 0.110. The average molecular weight is 281 g/mol. The maximum absolute atomic E-state index is 5.74. The highest BCUT2D eigenvalue weighted by molar-refractivity contribution is 5.43. The molecule has 0 aliphatic heterocycles. The molecule has 1 aromatic rings. The number of nitrogens with one attached hydrogen (secondary N) is 1. The van der Waals surface area contributed by atoms with E-state index in [0.717, 1.165) is 30.1 Å². The Hall–Kier alpha value is -1.26. The van der Waals surface area contributed by atoms with Crippen LogP contribution in [0.5, 0.6) is 11.5 Å². The molecule has 0 aromatic heterocycles. The first-order valence-electron chi connectivity index (χ1n) is 7.23. The predicted molar refractivity (Wildman–Crippen MR) is 81.7 cm³/mol. The van der Waals surface area contributed by atoms with Crippen LogP contribution in [0.1, 0.15) is 37.8 Å². The highest BCUT2D eigenvalue weighted by Crippen LogP contribution is 2.29. The van der Waals surface area contributed by atoms with Gasteiger partial charge in [-0.15, -0.1) is 0 Å². The largest absolute Gasteiger partial charge is 0.493 e. The second-order valence-corrected chi connectivity index (χ2v) is 4.74. The van der Waals surface area contributed by atoms with Gasteiger partial charge < -0.3 is 19.5 Å². The maximum atomic E-state index is 5.74. The quantitative estimate of drug-likeness (QED) is 0.669. The molecular formula is C16H27NO3. The number of hydrogen-bond acceptors (Lipinski definition) is 4. The predicted octanol–water partition coefficient (Wildman–Crippen LogP) is 3.17. The monoisotopic (exact) mass is 281 g/mol. The summed E-state index contributed by atoms with van der Waals surface area (Å²) in [7, 11) is 5.23. The summed E-state index contributed by atoms with van der Waals surface area (Å²) in [5.74, 6) is 1.49. The zero-order chi connectivity index (χ0) is 14.8. The lowest BCUT2D eigenvalue weighted by Gasteiger charge is -2.18. The summed E-state index contributed by atoms with van der Waals surface area (Å²) in [6.45, 7) is 3.68. The van der Waals surface area contributed by atoms with Crippen LogP contribution < -0.4 is 14.8 Å². The Morgan fingerprint density at radius 1 is 1.10 bits per heavy atom. The number of ether oxygens (including phenoxy) is 3. The molecule has 0 radical (unpaired) electrons. The molecule has 1 rings (SSSR count). The molecule has 0 heterocycles. The molecule has 0 fully saturated rings. The van der Waals surface area contributed by atoms with Gasteiger partial charge in [-0.2, -0.15) is 0 Å². The van der Waals surface area contributed by atoms with Gasteiger partial charge in [-0.25, -0.2) is 0 Å². The van der Waals surface area contributed by atoms with Crippen LogP contribution in [-0.2, 0) is 4.74 Å². The maximum Gasteiger partial charge on any atom is 0.161 e. The van der Waals surface area contributed by atoms with Gasteiger partial charge in [0.15, 0.2) is 11.5 Å². The Balaban J connectivity index is 2.60. The van der Waals surface area contributed by atoms with Gasteiger partial charge in [-0.1, -0.05) is 25.8 Å². The van der Waals surface area contributed by atoms with Crippen LogP contribution in [0.25, 0.3) is 0 Å². The fraction of sp³-hybridized carbons (Fsp3) is 0.625.